The molecule has 0 spiro atoms. The second kappa shape index (κ2) is 5.20. The molecule has 1 N–H and O–H groups in total. The first-order chi connectivity index (χ1) is 10.1. The van der Waals surface area contributed by atoms with Gasteiger partial charge in [-0.2, -0.15) is 0 Å². The van der Waals surface area contributed by atoms with Crippen molar-refractivity contribution in [3.05, 3.63) is 59.0 Å². The molecule has 21 heavy (non-hydrogen) atoms. The maximum atomic E-state index is 12.0. The van der Waals surface area contributed by atoms with E-state index in [2.05, 4.69) is 10.3 Å². The van der Waals surface area contributed by atoms with Gasteiger partial charge >= 0.3 is 5.63 Å². The molecule has 5 heteroatoms. The van der Waals surface area contributed by atoms with Crippen molar-refractivity contribution < 1.29 is 9.21 Å². The Balaban J connectivity index is 2.21. The van der Waals surface area contributed by atoms with Crippen LogP contribution in [-0.2, 0) is 4.79 Å². The van der Waals surface area contributed by atoms with Gasteiger partial charge in [0.25, 0.3) is 0 Å². The molecule has 0 saturated carbocycles. The summed E-state index contributed by atoms with van der Waals surface area (Å²) in [5.74, 6) is -0.0198. The summed E-state index contributed by atoms with van der Waals surface area (Å²) in [6, 6.07) is 14.0. The van der Waals surface area contributed by atoms with Gasteiger partial charge in [-0.15, -0.1) is 0 Å². The Labute approximate surface area is 120 Å². The van der Waals surface area contributed by atoms with Gasteiger partial charge in [0, 0.05) is 6.92 Å². The zero-order valence-corrected chi connectivity index (χ0v) is 11.3. The molecule has 1 aromatic heterocycles. The number of aromatic nitrogens is 1. The molecule has 104 valence electrons. The topological polar surface area (TPSA) is 72.2 Å². The van der Waals surface area contributed by atoms with Crippen molar-refractivity contribution in [2.45, 2.75) is 6.92 Å². The van der Waals surface area contributed by atoms with Gasteiger partial charge in [-0.05, 0) is 24.3 Å². The third kappa shape index (κ3) is 2.53. The van der Waals surface area contributed by atoms with E-state index in [-0.39, 0.29) is 11.8 Å². The number of nitrogens with zero attached hydrogens (tertiary/aromatic N) is 1. The van der Waals surface area contributed by atoms with Crippen molar-refractivity contribution in [2.75, 3.05) is 5.32 Å². The molecule has 0 fully saturated rings. The summed E-state index contributed by atoms with van der Waals surface area (Å²) in [5, 5.41) is 3.13. The van der Waals surface area contributed by atoms with Crippen LogP contribution >= 0.6 is 0 Å². The number of carbonyl (C=O) groups is 1. The largest absolute Gasteiger partial charge is 0.403 e. The highest BCUT2D eigenvalue weighted by Crippen LogP contribution is 2.26. The Morgan fingerprint density at radius 3 is 2.62 bits per heavy atom. The number of rotatable bonds is 2. The minimum atomic E-state index is -0.451. The average molecular weight is 280 g/mol. The summed E-state index contributed by atoms with van der Waals surface area (Å²) in [5.41, 5.74) is 1.22. The highest BCUT2D eigenvalue weighted by molar-refractivity contribution is 5.93. The lowest BCUT2D eigenvalue weighted by Gasteiger charge is -2.08. The second-order valence-electron chi connectivity index (χ2n) is 4.55. The van der Waals surface area contributed by atoms with Crippen molar-refractivity contribution in [2.24, 2.45) is 0 Å². The highest BCUT2D eigenvalue weighted by Gasteiger charge is 2.12. The number of amides is 1. The third-order valence-corrected chi connectivity index (χ3v) is 3.00. The number of carbonyl (C=O) groups excluding carboxylic acids is 1. The first-order valence-electron chi connectivity index (χ1n) is 6.42. The van der Waals surface area contributed by atoms with Gasteiger partial charge < -0.3 is 9.73 Å². The number of anilines is 1. The van der Waals surface area contributed by atoms with Crippen molar-refractivity contribution >= 4 is 22.5 Å². The van der Waals surface area contributed by atoms with Crippen LogP contribution in [0.1, 0.15) is 6.92 Å². The van der Waals surface area contributed by atoms with Crippen LogP contribution in [0.25, 0.3) is 22.4 Å². The quantitative estimate of drug-likeness (QED) is 0.783. The zero-order valence-electron chi connectivity index (χ0n) is 11.3. The molecule has 3 rings (SSSR count). The van der Waals surface area contributed by atoms with E-state index >= 15 is 0 Å². The van der Waals surface area contributed by atoms with Gasteiger partial charge in [-0.1, -0.05) is 24.3 Å². The minimum Gasteiger partial charge on any atom is -0.403 e. The molecule has 3 aromatic rings. The van der Waals surface area contributed by atoms with Crippen LogP contribution in [-0.4, -0.2) is 10.9 Å². The van der Waals surface area contributed by atoms with Crippen LogP contribution < -0.4 is 10.9 Å². The molecule has 2 aromatic carbocycles. The van der Waals surface area contributed by atoms with E-state index in [4.69, 9.17) is 4.42 Å². The van der Waals surface area contributed by atoms with E-state index in [1.807, 2.05) is 0 Å². The van der Waals surface area contributed by atoms with Crippen molar-refractivity contribution in [3.8, 4) is 11.5 Å². The first kappa shape index (κ1) is 13.1. The molecule has 0 aliphatic heterocycles. The van der Waals surface area contributed by atoms with Crippen molar-refractivity contribution in [3.63, 3.8) is 0 Å². The molecular weight excluding hydrogens is 268 g/mol. The summed E-state index contributed by atoms with van der Waals surface area (Å²) in [4.78, 5) is 27.6. The van der Waals surface area contributed by atoms with E-state index in [1.165, 1.54) is 6.92 Å². The molecule has 0 bridgehead atoms. The number of nitrogens with one attached hydrogen (secondary N) is 1. The fraction of sp³-hybridized carbons (Fsp3) is 0.0625. The minimum absolute atomic E-state index is 0.183. The predicted molar refractivity (Wildman–Crippen MR) is 80.0 cm³/mol. The maximum absolute atomic E-state index is 12.0. The Morgan fingerprint density at radius 2 is 1.81 bits per heavy atom. The summed E-state index contributed by atoms with van der Waals surface area (Å²) >= 11 is 0. The fourth-order valence-corrected chi connectivity index (χ4v) is 2.10. The average Bonchev–Trinajstić information content (AvgIpc) is 2.47. The van der Waals surface area contributed by atoms with Crippen molar-refractivity contribution in [1.82, 2.24) is 4.98 Å². The molecule has 0 saturated heterocycles. The van der Waals surface area contributed by atoms with Gasteiger partial charge in [0.1, 0.15) is 0 Å². The lowest BCUT2D eigenvalue weighted by Crippen LogP contribution is -2.08. The second-order valence-corrected chi connectivity index (χ2v) is 4.55. The Kier molecular flexibility index (Phi) is 3.23. The van der Waals surface area contributed by atoms with Gasteiger partial charge in [0.15, 0.2) is 0 Å². The molecule has 0 atom stereocenters. The van der Waals surface area contributed by atoms with Gasteiger partial charge in [0.05, 0.1) is 22.2 Å². The van der Waals surface area contributed by atoms with Gasteiger partial charge in [-0.3, -0.25) is 4.79 Å². The summed E-state index contributed by atoms with van der Waals surface area (Å²) in [6.07, 6.45) is 0. The van der Waals surface area contributed by atoms with Crippen LogP contribution in [0.5, 0.6) is 0 Å². The van der Waals surface area contributed by atoms with E-state index in [9.17, 15) is 9.59 Å². The molecule has 0 aliphatic carbocycles. The number of hydrogen-bond donors (Lipinski definition) is 1. The molecule has 1 amide bonds. The van der Waals surface area contributed by atoms with Crippen LogP contribution in [0.15, 0.2) is 57.7 Å². The number of hydrogen-bond acceptors (Lipinski definition) is 4. The molecule has 0 unspecified atom stereocenters. The standard InChI is InChI=1S/C16H12N2O3/c1-10(19)17-13-8-4-2-6-11(13)15-18-14-9-5-3-7-12(14)16(20)21-15/h2-9H,1H3,(H,17,19). The summed E-state index contributed by atoms with van der Waals surface area (Å²) in [6.45, 7) is 1.42. The molecule has 0 radical (unpaired) electrons. The SMILES string of the molecule is CC(=O)Nc1ccccc1-c1nc2ccccc2c(=O)o1. The van der Waals surface area contributed by atoms with Crippen LogP contribution in [0.2, 0.25) is 0 Å². The summed E-state index contributed by atoms with van der Waals surface area (Å²) in [7, 11) is 0. The zero-order chi connectivity index (χ0) is 14.8. The lowest BCUT2D eigenvalue weighted by molar-refractivity contribution is -0.114. The molecule has 1 heterocycles. The Morgan fingerprint density at radius 1 is 1.10 bits per heavy atom. The number of fused-ring (bicyclic) bond motifs is 1. The van der Waals surface area contributed by atoms with Crippen molar-refractivity contribution in [1.29, 1.82) is 0 Å². The smallest absolute Gasteiger partial charge is 0.347 e. The molecular formula is C16H12N2O3. The monoisotopic (exact) mass is 280 g/mol. The lowest BCUT2D eigenvalue weighted by atomic mass is 10.1. The van der Waals surface area contributed by atoms with Gasteiger partial charge in [0.2, 0.25) is 11.8 Å². The van der Waals surface area contributed by atoms with E-state index in [0.29, 0.717) is 22.2 Å². The number of benzene rings is 2. The Bertz CT molecular complexity index is 884. The summed E-state index contributed by atoms with van der Waals surface area (Å²) < 4.78 is 5.28. The van der Waals surface area contributed by atoms with Crippen LogP contribution in [0, 0.1) is 0 Å². The maximum Gasteiger partial charge on any atom is 0.347 e. The normalized spacial score (nSPS) is 10.5. The van der Waals surface area contributed by atoms with Gasteiger partial charge in [-0.25, -0.2) is 9.78 Å². The molecule has 5 nitrogen and oxygen atoms in total. The fourth-order valence-electron chi connectivity index (χ4n) is 2.10. The van der Waals surface area contributed by atoms with E-state index in [0.717, 1.165) is 0 Å². The number of para-hydroxylation sites is 2. The highest BCUT2D eigenvalue weighted by atomic mass is 16.4. The Hall–Kier alpha value is -2.95. The third-order valence-electron chi connectivity index (χ3n) is 3.00. The first-order valence-corrected chi connectivity index (χ1v) is 6.42. The predicted octanol–water partition coefficient (Wildman–Crippen LogP) is 2.81. The van der Waals surface area contributed by atoms with E-state index in [1.54, 1.807) is 48.5 Å². The molecule has 0 aliphatic rings. The van der Waals surface area contributed by atoms with Crippen LogP contribution in [0.3, 0.4) is 0 Å². The van der Waals surface area contributed by atoms with Crippen LogP contribution in [0.4, 0.5) is 5.69 Å². The van der Waals surface area contributed by atoms with E-state index < -0.39 is 5.63 Å².